The molecule has 0 bridgehead atoms. The molecule has 1 heteroatoms. The van der Waals surface area contributed by atoms with Crippen LogP contribution in [0.4, 0.5) is 0 Å². The molecule has 0 heterocycles. The van der Waals surface area contributed by atoms with Crippen molar-refractivity contribution in [2.24, 2.45) is 5.92 Å². The minimum absolute atomic E-state index is 0.843. The van der Waals surface area contributed by atoms with Crippen LogP contribution >= 0.6 is 0 Å². The predicted octanol–water partition coefficient (Wildman–Crippen LogP) is 4.15. The van der Waals surface area contributed by atoms with Gasteiger partial charge in [0.2, 0.25) is 0 Å². The van der Waals surface area contributed by atoms with Crippen molar-refractivity contribution in [1.82, 2.24) is 0 Å². The van der Waals surface area contributed by atoms with Crippen LogP contribution in [0.1, 0.15) is 34.1 Å². The first-order valence-electron chi connectivity index (χ1n) is 4.86. The molecular formula is C10H24Si. The summed E-state index contributed by atoms with van der Waals surface area (Å²) in [5.41, 5.74) is 0.946. The van der Waals surface area contributed by atoms with Gasteiger partial charge in [-0.1, -0.05) is 58.8 Å². The van der Waals surface area contributed by atoms with E-state index in [1.165, 1.54) is 12.5 Å². The second-order valence-electron chi connectivity index (χ2n) is 5.08. The van der Waals surface area contributed by atoms with Crippen LogP contribution in [0.25, 0.3) is 0 Å². The van der Waals surface area contributed by atoms with E-state index in [1.54, 1.807) is 0 Å². The molecule has 0 aromatic heterocycles. The zero-order chi connectivity index (χ0) is 9.07. The highest BCUT2D eigenvalue weighted by Gasteiger charge is 2.24. The molecule has 0 aromatic carbocycles. The Bertz CT molecular complexity index is 103. The molecule has 0 radical (unpaired) electrons. The highest BCUT2D eigenvalue weighted by molar-refractivity contribution is 6.78. The maximum absolute atomic E-state index is 2.51. The molecule has 0 aliphatic rings. The van der Waals surface area contributed by atoms with Gasteiger partial charge in [0, 0.05) is 8.07 Å². The highest BCUT2D eigenvalue weighted by atomic mass is 28.3. The molecule has 0 aliphatic heterocycles. The van der Waals surface area contributed by atoms with Crippen LogP contribution < -0.4 is 0 Å². The van der Waals surface area contributed by atoms with Gasteiger partial charge >= 0.3 is 0 Å². The van der Waals surface area contributed by atoms with Gasteiger partial charge in [0.15, 0.2) is 0 Å². The fourth-order valence-corrected chi connectivity index (χ4v) is 2.85. The summed E-state index contributed by atoms with van der Waals surface area (Å²) < 4.78 is 0. The molecule has 0 fully saturated rings. The van der Waals surface area contributed by atoms with Crippen molar-refractivity contribution < 1.29 is 0 Å². The average Bonchev–Trinajstić information content (AvgIpc) is 1.84. The van der Waals surface area contributed by atoms with E-state index >= 15 is 0 Å². The normalized spacial score (nSPS) is 13.1. The zero-order valence-corrected chi connectivity index (χ0v) is 10.1. The summed E-state index contributed by atoms with van der Waals surface area (Å²) in [4.78, 5) is 0. The third-order valence-corrected chi connectivity index (χ3v) is 7.63. The summed E-state index contributed by atoms with van der Waals surface area (Å²) in [6.07, 6.45) is 1.43. The van der Waals surface area contributed by atoms with Crippen molar-refractivity contribution >= 4 is 8.07 Å². The van der Waals surface area contributed by atoms with E-state index < -0.39 is 8.07 Å². The molecular weight excluding hydrogens is 148 g/mol. The second-order valence-corrected chi connectivity index (χ2v) is 10.7. The van der Waals surface area contributed by atoms with E-state index in [4.69, 9.17) is 0 Å². The highest BCUT2D eigenvalue weighted by Crippen LogP contribution is 2.27. The van der Waals surface area contributed by atoms with Gasteiger partial charge in [0.25, 0.3) is 0 Å². The summed E-state index contributed by atoms with van der Waals surface area (Å²) >= 11 is 0. The standard InChI is InChI=1S/C10H24Si/c1-9(2)7-8-11(5,6)10(3)4/h9-10H,7-8H2,1-6H3. The Morgan fingerprint density at radius 1 is 1.00 bits per heavy atom. The van der Waals surface area contributed by atoms with Gasteiger partial charge in [-0.15, -0.1) is 0 Å². The Hall–Kier alpha value is 0.217. The van der Waals surface area contributed by atoms with Gasteiger partial charge in [-0.05, 0) is 5.92 Å². The van der Waals surface area contributed by atoms with Crippen molar-refractivity contribution in [2.45, 2.75) is 58.8 Å². The van der Waals surface area contributed by atoms with E-state index in [0.29, 0.717) is 0 Å². The Kier molecular flexibility index (Phi) is 4.38. The molecule has 0 saturated carbocycles. The van der Waals surface area contributed by atoms with E-state index in [0.717, 1.165) is 11.5 Å². The lowest BCUT2D eigenvalue weighted by Crippen LogP contribution is -2.29. The molecule has 0 spiro atoms. The minimum Gasteiger partial charge on any atom is -0.0692 e. The molecule has 0 aromatic rings. The van der Waals surface area contributed by atoms with Crippen molar-refractivity contribution in [3.63, 3.8) is 0 Å². The summed E-state index contributed by atoms with van der Waals surface area (Å²) in [5.74, 6) is 0.889. The summed E-state index contributed by atoms with van der Waals surface area (Å²) in [5, 5.41) is 0. The molecule has 11 heavy (non-hydrogen) atoms. The topological polar surface area (TPSA) is 0 Å². The van der Waals surface area contributed by atoms with Gasteiger partial charge in [0.1, 0.15) is 0 Å². The van der Waals surface area contributed by atoms with Crippen LogP contribution in [0.15, 0.2) is 0 Å². The fourth-order valence-electron chi connectivity index (χ4n) is 0.949. The number of hydrogen-bond donors (Lipinski definition) is 0. The van der Waals surface area contributed by atoms with Crippen molar-refractivity contribution in [3.05, 3.63) is 0 Å². The quantitative estimate of drug-likeness (QED) is 0.559. The van der Waals surface area contributed by atoms with E-state index in [-0.39, 0.29) is 0 Å². The van der Waals surface area contributed by atoms with E-state index in [1.807, 2.05) is 0 Å². The van der Waals surface area contributed by atoms with Crippen molar-refractivity contribution in [2.75, 3.05) is 0 Å². The lowest BCUT2D eigenvalue weighted by Gasteiger charge is -2.27. The molecule has 0 amide bonds. The summed E-state index contributed by atoms with van der Waals surface area (Å²) in [6, 6.07) is 1.50. The lowest BCUT2D eigenvalue weighted by atomic mass is 10.2. The number of rotatable bonds is 4. The van der Waals surface area contributed by atoms with E-state index in [2.05, 4.69) is 40.8 Å². The Balaban J connectivity index is 3.73. The predicted molar refractivity (Wildman–Crippen MR) is 56.8 cm³/mol. The lowest BCUT2D eigenvalue weighted by molar-refractivity contribution is 0.617. The molecule has 0 rings (SSSR count). The monoisotopic (exact) mass is 172 g/mol. The zero-order valence-electron chi connectivity index (χ0n) is 9.07. The van der Waals surface area contributed by atoms with Gasteiger partial charge in [-0.25, -0.2) is 0 Å². The van der Waals surface area contributed by atoms with Crippen molar-refractivity contribution in [1.29, 1.82) is 0 Å². The van der Waals surface area contributed by atoms with Crippen LogP contribution in [0.2, 0.25) is 24.7 Å². The largest absolute Gasteiger partial charge is 0.0692 e. The van der Waals surface area contributed by atoms with Crippen LogP contribution in [0.5, 0.6) is 0 Å². The van der Waals surface area contributed by atoms with Gasteiger partial charge in [0.05, 0.1) is 0 Å². The first-order valence-corrected chi connectivity index (χ1v) is 8.14. The first-order chi connectivity index (χ1) is 4.86. The fraction of sp³-hybridized carbons (Fsp3) is 1.00. The molecule has 0 N–H and O–H groups in total. The van der Waals surface area contributed by atoms with Crippen LogP contribution in [0, 0.1) is 5.92 Å². The molecule has 0 nitrogen and oxygen atoms in total. The molecule has 68 valence electrons. The maximum atomic E-state index is 2.51. The van der Waals surface area contributed by atoms with Crippen LogP contribution in [-0.2, 0) is 0 Å². The average molecular weight is 172 g/mol. The van der Waals surface area contributed by atoms with Crippen LogP contribution in [-0.4, -0.2) is 8.07 Å². The minimum atomic E-state index is -0.843. The third kappa shape index (κ3) is 4.62. The van der Waals surface area contributed by atoms with Crippen molar-refractivity contribution in [3.8, 4) is 0 Å². The first kappa shape index (κ1) is 11.2. The third-order valence-electron chi connectivity index (χ3n) is 2.93. The van der Waals surface area contributed by atoms with Gasteiger partial charge in [-0.2, -0.15) is 0 Å². The second kappa shape index (κ2) is 4.29. The summed E-state index contributed by atoms with van der Waals surface area (Å²) in [7, 11) is -0.843. The van der Waals surface area contributed by atoms with E-state index in [9.17, 15) is 0 Å². The summed E-state index contributed by atoms with van der Waals surface area (Å²) in [6.45, 7) is 14.4. The smallest absolute Gasteiger partial charge is 0.0499 e. The van der Waals surface area contributed by atoms with Gasteiger partial charge in [-0.3, -0.25) is 0 Å². The SMILES string of the molecule is CC(C)CC[Si](C)(C)C(C)C. The molecule has 0 atom stereocenters. The molecule has 0 unspecified atom stereocenters. The molecule has 0 aliphatic carbocycles. The Labute approximate surface area is 73.4 Å². The van der Waals surface area contributed by atoms with Crippen LogP contribution in [0.3, 0.4) is 0 Å². The van der Waals surface area contributed by atoms with Gasteiger partial charge < -0.3 is 0 Å². The number of hydrogen-bond acceptors (Lipinski definition) is 0. The Morgan fingerprint density at radius 3 is 1.73 bits per heavy atom. The molecule has 0 saturated heterocycles. The maximum Gasteiger partial charge on any atom is 0.0499 e. The Morgan fingerprint density at radius 2 is 1.45 bits per heavy atom.